The maximum atomic E-state index is 12.4. The van der Waals surface area contributed by atoms with Crippen molar-refractivity contribution in [1.82, 2.24) is 10.6 Å². The number of amides is 3. The summed E-state index contributed by atoms with van der Waals surface area (Å²) < 4.78 is 0. The Balaban J connectivity index is 1.79. The van der Waals surface area contributed by atoms with E-state index in [1.807, 2.05) is 36.4 Å². The van der Waals surface area contributed by atoms with Crippen molar-refractivity contribution in [1.29, 1.82) is 0 Å². The summed E-state index contributed by atoms with van der Waals surface area (Å²) >= 11 is 0. The third-order valence-corrected chi connectivity index (χ3v) is 5.31. The minimum Gasteiger partial charge on any atom is -0.370 e. The largest absolute Gasteiger partial charge is 0.370 e. The Bertz CT molecular complexity index is 680. The molecule has 4 N–H and O–H groups in total. The zero-order valence-corrected chi connectivity index (χ0v) is 17.1. The van der Waals surface area contributed by atoms with Gasteiger partial charge in [-0.2, -0.15) is 0 Å². The highest BCUT2D eigenvalue weighted by molar-refractivity contribution is 5.95. The van der Waals surface area contributed by atoms with Crippen molar-refractivity contribution in [3.63, 3.8) is 0 Å². The first-order valence-corrected chi connectivity index (χ1v) is 10.6. The highest BCUT2D eigenvalue weighted by Crippen LogP contribution is 2.25. The Kier molecular flexibility index (Phi) is 9.96. The first-order valence-electron chi connectivity index (χ1n) is 10.6. The molecule has 1 fully saturated rings. The van der Waals surface area contributed by atoms with Crippen molar-refractivity contribution in [2.45, 2.75) is 63.8 Å². The zero-order valence-electron chi connectivity index (χ0n) is 17.1. The third-order valence-electron chi connectivity index (χ3n) is 5.31. The molecule has 1 aliphatic rings. The van der Waals surface area contributed by atoms with Gasteiger partial charge in [-0.05, 0) is 30.4 Å². The van der Waals surface area contributed by atoms with Gasteiger partial charge < -0.3 is 16.4 Å². The number of primary amides is 1. The van der Waals surface area contributed by atoms with Gasteiger partial charge in [-0.15, -0.1) is 0 Å². The van der Waals surface area contributed by atoms with E-state index in [1.165, 1.54) is 44.6 Å². The zero-order chi connectivity index (χ0) is 20.9. The van der Waals surface area contributed by atoms with E-state index in [2.05, 4.69) is 10.6 Å². The van der Waals surface area contributed by atoms with Gasteiger partial charge in [0.05, 0.1) is 6.42 Å². The number of benzene rings is 1. The van der Waals surface area contributed by atoms with Gasteiger partial charge in [-0.25, -0.2) is 0 Å². The molecule has 6 heteroatoms. The van der Waals surface area contributed by atoms with Crippen LogP contribution < -0.4 is 16.4 Å². The number of nitrogens with one attached hydrogen (secondary N) is 2. The molecule has 3 amide bonds. The molecule has 158 valence electrons. The molecule has 6 nitrogen and oxygen atoms in total. The number of allylic oxidation sites excluding steroid dienone is 1. The van der Waals surface area contributed by atoms with E-state index in [0.717, 1.165) is 12.0 Å². The Morgan fingerprint density at radius 1 is 1.07 bits per heavy atom. The number of hydrogen-bond donors (Lipinski definition) is 3. The summed E-state index contributed by atoms with van der Waals surface area (Å²) in [4.78, 5) is 35.9. The normalized spacial score (nSPS) is 16.1. The lowest BCUT2D eigenvalue weighted by atomic mass is 9.96. The number of nitrogens with two attached hydrogens (primary N) is 1. The van der Waals surface area contributed by atoms with E-state index < -0.39 is 17.9 Å². The molecule has 0 heterocycles. The summed E-state index contributed by atoms with van der Waals surface area (Å²) in [6.07, 6.45) is 12.2. The van der Waals surface area contributed by atoms with Crippen molar-refractivity contribution >= 4 is 17.7 Å². The number of rotatable bonds is 10. The SMILES string of the molecule is NC(=O)C[C@@H](NC(=O)/C=C/CC1CCCCCC1)C(=O)NCCc1ccccc1. The number of carbonyl (C=O) groups is 3. The Hall–Kier alpha value is -2.63. The van der Waals surface area contributed by atoms with Crippen LogP contribution >= 0.6 is 0 Å². The topological polar surface area (TPSA) is 101 Å². The quantitative estimate of drug-likeness (QED) is 0.416. The van der Waals surface area contributed by atoms with E-state index in [-0.39, 0.29) is 12.3 Å². The predicted molar refractivity (Wildman–Crippen MR) is 114 cm³/mol. The van der Waals surface area contributed by atoms with Crippen LogP contribution in [0, 0.1) is 5.92 Å². The molecule has 1 aromatic carbocycles. The van der Waals surface area contributed by atoms with Crippen LogP contribution in [0.3, 0.4) is 0 Å². The molecule has 0 radical (unpaired) electrons. The van der Waals surface area contributed by atoms with E-state index in [1.54, 1.807) is 0 Å². The van der Waals surface area contributed by atoms with Gasteiger partial charge in [0.15, 0.2) is 0 Å². The lowest BCUT2D eigenvalue weighted by Crippen LogP contribution is -2.48. The van der Waals surface area contributed by atoms with Crippen molar-refractivity contribution in [2.24, 2.45) is 11.7 Å². The molecule has 0 aliphatic heterocycles. The fourth-order valence-electron chi connectivity index (χ4n) is 3.70. The average Bonchev–Trinajstić information content (AvgIpc) is 2.97. The van der Waals surface area contributed by atoms with E-state index in [9.17, 15) is 14.4 Å². The van der Waals surface area contributed by atoms with Crippen molar-refractivity contribution in [3.05, 3.63) is 48.0 Å². The molecular weight excluding hydrogens is 366 g/mol. The van der Waals surface area contributed by atoms with Crippen molar-refractivity contribution < 1.29 is 14.4 Å². The number of hydrogen-bond acceptors (Lipinski definition) is 3. The minimum absolute atomic E-state index is 0.223. The molecule has 1 aromatic rings. The maximum Gasteiger partial charge on any atom is 0.244 e. The average molecular weight is 400 g/mol. The lowest BCUT2D eigenvalue weighted by molar-refractivity contribution is -0.129. The fraction of sp³-hybridized carbons (Fsp3) is 0.522. The second kappa shape index (κ2) is 12.8. The van der Waals surface area contributed by atoms with Crippen molar-refractivity contribution in [3.8, 4) is 0 Å². The van der Waals surface area contributed by atoms with Gasteiger partial charge in [0.25, 0.3) is 0 Å². The van der Waals surface area contributed by atoms with Crippen LogP contribution in [0.25, 0.3) is 0 Å². The van der Waals surface area contributed by atoms with Gasteiger partial charge >= 0.3 is 0 Å². The van der Waals surface area contributed by atoms with Gasteiger partial charge in [0, 0.05) is 6.54 Å². The van der Waals surface area contributed by atoms with Gasteiger partial charge in [-0.3, -0.25) is 14.4 Å². The second-order valence-electron chi connectivity index (χ2n) is 7.75. The summed E-state index contributed by atoms with van der Waals surface area (Å²) in [6.45, 7) is 0.422. The standard InChI is InChI=1S/C23H33N3O3/c24-21(27)17-20(23(29)25-16-15-19-11-6-3-7-12-19)26-22(28)14-8-13-18-9-4-1-2-5-10-18/h3,6-8,11-12,14,18,20H,1-2,4-5,9-10,13,15-17H2,(H2,24,27)(H,25,29)(H,26,28)/b14-8+/t20-/m1/s1. The highest BCUT2D eigenvalue weighted by Gasteiger charge is 2.22. The van der Waals surface area contributed by atoms with E-state index in [0.29, 0.717) is 18.9 Å². The minimum atomic E-state index is -0.960. The Morgan fingerprint density at radius 3 is 2.41 bits per heavy atom. The third kappa shape index (κ3) is 9.41. The lowest BCUT2D eigenvalue weighted by Gasteiger charge is -2.16. The fourth-order valence-corrected chi connectivity index (χ4v) is 3.70. The molecule has 0 aromatic heterocycles. The number of carbonyl (C=O) groups excluding carboxylic acids is 3. The Morgan fingerprint density at radius 2 is 1.76 bits per heavy atom. The molecule has 1 saturated carbocycles. The molecule has 0 unspecified atom stereocenters. The summed E-state index contributed by atoms with van der Waals surface area (Å²) in [5.41, 5.74) is 6.35. The van der Waals surface area contributed by atoms with Gasteiger partial charge in [0.2, 0.25) is 17.7 Å². The predicted octanol–water partition coefficient (Wildman–Crippen LogP) is 2.62. The van der Waals surface area contributed by atoms with E-state index >= 15 is 0 Å². The van der Waals surface area contributed by atoms with Crippen LogP contribution in [-0.2, 0) is 20.8 Å². The second-order valence-corrected chi connectivity index (χ2v) is 7.75. The van der Waals surface area contributed by atoms with Crippen LogP contribution in [0.5, 0.6) is 0 Å². The first kappa shape index (κ1) is 22.7. The van der Waals surface area contributed by atoms with Gasteiger partial charge in [0.1, 0.15) is 6.04 Å². The first-order chi connectivity index (χ1) is 14.0. The van der Waals surface area contributed by atoms with Crippen LogP contribution in [0.15, 0.2) is 42.5 Å². The highest BCUT2D eigenvalue weighted by atomic mass is 16.2. The molecule has 1 atom stereocenters. The molecule has 2 rings (SSSR count). The van der Waals surface area contributed by atoms with Crippen molar-refractivity contribution in [2.75, 3.05) is 6.54 Å². The van der Waals surface area contributed by atoms with Crippen LogP contribution in [0.1, 0.15) is 56.9 Å². The van der Waals surface area contributed by atoms with Crippen LogP contribution in [0.4, 0.5) is 0 Å². The maximum absolute atomic E-state index is 12.4. The smallest absolute Gasteiger partial charge is 0.244 e. The molecule has 0 spiro atoms. The molecule has 0 saturated heterocycles. The molecular formula is C23H33N3O3. The summed E-state index contributed by atoms with van der Waals surface area (Å²) in [6, 6.07) is 8.81. The monoisotopic (exact) mass is 399 g/mol. The summed E-state index contributed by atoms with van der Waals surface area (Å²) in [7, 11) is 0. The molecule has 29 heavy (non-hydrogen) atoms. The van der Waals surface area contributed by atoms with Gasteiger partial charge in [-0.1, -0.05) is 74.9 Å². The summed E-state index contributed by atoms with van der Waals surface area (Å²) in [5.74, 6) is -0.770. The van der Waals surface area contributed by atoms with Crippen LogP contribution in [-0.4, -0.2) is 30.3 Å². The van der Waals surface area contributed by atoms with E-state index in [4.69, 9.17) is 5.73 Å². The molecule has 1 aliphatic carbocycles. The molecule has 0 bridgehead atoms. The summed E-state index contributed by atoms with van der Waals surface area (Å²) in [5, 5.41) is 5.38. The Labute approximate surface area is 173 Å². The van der Waals surface area contributed by atoms with Crippen LogP contribution in [0.2, 0.25) is 0 Å².